The van der Waals surface area contributed by atoms with Crippen LogP contribution in [-0.2, 0) is 22.0 Å². The Bertz CT molecular complexity index is 864. The normalized spacial score (nSPS) is 11.6. The maximum atomic E-state index is 12.2. The van der Waals surface area contributed by atoms with Crippen LogP contribution < -0.4 is 10.6 Å². The lowest BCUT2D eigenvalue weighted by atomic mass is 10.1. The average Bonchev–Trinajstić information content (AvgIpc) is 2.63. The van der Waals surface area contributed by atoms with Crippen molar-refractivity contribution in [1.29, 1.82) is 0 Å². The van der Waals surface area contributed by atoms with Crippen LogP contribution in [0.5, 0.6) is 0 Å². The molecule has 2 aromatic rings. The predicted molar refractivity (Wildman–Crippen MR) is 133 cm³/mol. The zero-order valence-electron chi connectivity index (χ0n) is 17.4. The first-order valence-electron chi connectivity index (χ1n) is 9.64. The minimum absolute atomic E-state index is 0. The van der Waals surface area contributed by atoms with Crippen molar-refractivity contribution in [2.75, 3.05) is 25.9 Å². The summed E-state index contributed by atoms with van der Waals surface area (Å²) >= 11 is 0. The highest BCUT2D eigenvalue weighted by atomic mass is 127. The lowest BCUT2D eigenvalue weighted by Gasteiger charge is -2.12. The highest BCUT2D eigenvalue weighted by Gasteiger charge is 2.11. The minimum atomic E-state index is -3.10. The van der Waals surface area contributed by atoms with Gasteiger partial charge in [0.05, 0.1) is 11.5 Å². The molecule has 2 N–H and O–H groups in total. The Morgan fingerprint density at radius 3 is 2.17 bits per heavy atom. The predicted octanol–water partition coefficient (Wildman–Crippen LogP) is 3.63. The summed E-state index contributed by atoms with van der Waals surface area (Å²) in [7, 11) is -1.38. The number of benzene rings is 2. The molecular weight excluding hydrogens is 497 g/mol. The van der Waals surface area contributed by atoms with E-state index in [0.29, 0.717) is 18.9 Å². The molecule has 0 bridgehead atoms. The Balaban J connectivity index is 0.00000420. The zero-order valence-corrected chi connectivity index (χ0v) is 20.6. The second-order valence-corrected chi connectivity index (χ2v) is 9.29. The second-order valence-electron chi connectivity index (χ2n) is 7.10. The number of aliphatic imine (C=N–C) groups is 1. The third kappa shape index (κ3) is 10.1. The summed E-state index contributed by atoms with van der Waals surface area (Å²) in [4.78, 5) is 4.20. The van der Waals surface area contributed by atoms with Crippen LogP contribution in [0.15, 0.2) is 53.5 Å². The molecule has 0 fully saturated rings. The van der Waals surface area contributed by atoms with Crippen LogP contribution in [0.1, 0.15) is 28.7 Å². The maximum absolute atomic E-state index is 12.2. The van der Waals surface area contributed by atoms with Gasteiger partial charge in [0.25, 0.3) is 0 Å². The number of nitrogens with zero attached hydrogens (tertiary/aromatic N) is 1. The first-order valence-corrected chi connectivity index (χ1v) is 11.5. The van der Waals surface area contributed by atoms with Crippen molar-refractivity contribution < 1.29 is 8.42 Å². The maximum Gasteiger partial charge on any atom is 0.190 e. The first-order chi connectivity index (χ1) is 13.4. The molecule has 0 aliphatic rings. The van der Waals surface area contributed by atoms with Crippen LogP contribution in [0.4, 0.5) is 0 Å². The Kier molecular flexibility index (Phi) is 11.3. The van der Waals surface area contributed by atoms with Gasteiger partial charge in [-0.1, -0.05) is 59.7 Å². The van der Waals surface area contributed by atoms with E-state index in [1.54, 1.807) is 7.05 Å². The van der Waals surface area contributed by atoms with Gasteiger partial charge < -0.3 is 10.6 Å². The van der Waals surface area contributed by atoms with Crippen LogP contribution in [0.25, 0.3) is 0 Å². The van der Waals surface area contributed by atoms with Gasteiger partial charge in [0.15, 0.2) is 15.8 Å². The van der Waals surface area contributed by atoms with Gasteiger partial charge in [-0.25, -0.2) is 8.42 Å². The standard InChI is InChI=1S/C22H31N3O2S.HI/c1-18-14-19(2)16-21(15-18)10-12-25-22(23-3)24-11-7-13-28(26,27)17-20-8-5-4-6-9-20;/h4-6,8-9,14-16H,7,10-13,17H2,1-3H3,(H2,23,24,25);1H. The lowest BCUT2D eigenvalue weighted by molar-refractivity contribution is 0.591. The summed E-state index contributed by atoms with van der Waals surface area (Å²) in [5.41, 5.74) is 4.68. The molecule has 0 saturated carbocycles. The third-order valence-corrected chi connectivity index (χ3v) is 6.05. The van der Waals surface area contributed by atoms with E-state index in [-0.39, 0.29) is 35.5 Å². The van der Waals surface area contributed by atoms with Crippen LogP contribution in [0.3, 0.4) is 0 Å². The zero-order chi connectivity index (χ0) is 20.4. The van der Waals surface area contributed by atoms with E-state index in [2.05, 4.69) is 47.7 Å². The van der Waals surface area contributed by atoms with Crippen molar-refractivity contribution in [2.45, 2.75) is 32.4 Å². The monoisotopic (exact) mass is 529 g/mol. The molecule has 2 rings (SSSR count). The van der Waals surface area contributed by atoms with Crippen molar-refractivity contribution in [1.82, 2.24) is 10.6 Å². The molecular formula is C22H32IN3O2S. The summed E-state index contributed by atoms with van der Waals surface area (Å²) < 4.78 is 24.4. The third-order valence-electron chi connectivity index (χ3n) is 4.37. The molecule has 0 atom stereocenters. The number of hydrogen-bond acceptors (Lipinski definition) is 3. The summed E-state index contributed by atoms with van der Waals surface area (Å²) in [6.45, 7) is 5.55. The van der Waals surface area contributed by atoms with Crippen molar-refractivity contribution in [3.63, 3.8) is 0 Å². The van der Waals surface area contributed by atoms with Gasteiger partial charge >= 0.3 is 0 Å². The van der Waals surface area contributed by atoms with Crippen LogP contribution in [-0.4, -0.2) is 40.3 Å². The van der Waals surface area contributed by atoms with Gasteiger partial charge in [-0.15, -0.1) is 24.0 Å². The molecule has 0 saturated heterocycles. The molecule has 2 aromatic carbocycles. The van der Waals surface area contributed by atoms with E-state index in [0.717, 1.165) is 18.5 Å². The summed E-state index contributed by atoms with van der Waals surface area (Å²) in [5, 5.41) is 6.47. The highest BCUT2D eigenvalue weighted by Crippen LogP contribution is 2.09. The topological polar surface area (TPSA) is 70.6 Å². The SMILES string of the molecule is CN=C(NCCCS(=O)(=O)Cc1ccccc1)NCCc1cc(C)cc(C)c1.I. The van der Waals surface area contributed by atoms with Crippen LogP contribution in [0, 0.1) is 13.8 Å². The smallest absolute Gasteiger partial charge is 0.190 e. The van der Waals surface area contributed by atoms with E-state index in [9.17, 15) is 8.42 Å². The molecule has 0 aromatic heterocycles. The van der Waals surface area contributed by atoms with Gasteiger partial charge in [-0.3, -0.25) is 4.99 Å². The van der Waals surface area contributed by atoms with Crippen molar-refractivity contribution in [3.05, 3.63) is 70.8 Å². The number of guanidine groups is 1. The number of halogens is 1. The number of hydrogen-bond donors (Lipinski definition) is 2. The Labute approximate surface area is 192 Å². The Hall–Kier alpha value is -1.61. The number of nitrogens with one attached hydrogen (secondary N) is 2. The Morgan fingerprint density at radius 2 is 1.55 bits per heavy atom. The molecule has 0 unspecified atom stereocenters. The van der Waals surface area contributed by atoms with Crippen molar-refractivity contribution in [2.24, 2.45) is 4.99 Å². The lowest BCUT2D eigenvalue weighted by Crippen LogP contribution is -2.39. The van der Waals surface area contributed by atoms with E-state index in [1.807, 2.05) is 30.3 Å². The molecule has 160 valence electrons. The van der Waals surface area contributed by atoms with Gasteiger partial charge in [-0.05, 0) is 37.8 Å². The second kappa shape index (κ2) is 12.8. The molecule has 5 nitrogen and oxygen atoms in total. The van der Waals surface area contributed by atoms with Gasteiger partial charge in [0.1, 0.15) is 0 Å². The fraction of sp³-hybridized carbons (Fsp3) is 0.409. The van der Waals surface area contributed by atoms with E-state index >= 15 is 0 Å². The van der Waals surface area contributed by atoms with E-state index in [4.69, 9.17) is 0 Å². The fourth-order valence-corrected chi connectivity index (χ4v) is 4.59. The summed E-state index contributed by atoms with van der Waals surface area (Å²) in [6.07, 6.45) is 1.46. The largest absolute Gasteiger partial charge is 0.356 e. The minimum Gasteiger partial charge on any atom is -0.356 e. The number of sulfone groups is 1. The van der Waals surface area contributed by atoms with Gasteiger partial charge in [0.2, 0.25) is 0 Å². The molecule has 0 spiro atoms. The van der Waals surface area contributed by atoms with Crippen LogP contribution >= 0.6 is 24.0 Å². The van der Waals surface area contributed by atoms with Crippen LogP contribution in [0.2, 0.25) is 0 Å². The molecule has 0 amide bonds. The highest BCUT2D eigenvalue weighted by molar-refractivity contribution is 14.0. The number of rotatable bonds is 9. The Morgan fingerprint density at radius 1 is 0.931 bits per heavy atom. The van der Waals surface area contributed by atoms with E-state index in [1.165, 1.54) is 16.7 Å². The average molecular weight is 529 g/mol. The molecule has 0 aliphatic carbocycles. The van der Waals surface area contributed by atoms with Gasteiger partial charge in [0, 0.05) is 20.1 Å². The molecule has 0 aliphatic heterocycles. The van der Waals surface area contributed by atoms with E-state index < -0.39 is 9.84 Å². The molecule has 0 radical (unpaired) electrons. The first kappa shape index (κ1) is 25.4. The van der Waals surface area contributed by atoms with Crippen molar-refractivity contribution >= 4 is 39.8 Å². The quantitative estimate of drug-likeness (QED) is 0.225. The fourth-order valence-electron chi connectivity index (χ4n) is 3.16. The summed E-state index contributed by atoms with van der Waals surface area (Å²) in [5.74, 6) is 0.954. The van der Waals surface area contributed by atoms with Crippen molar-refractivity contribution in [3.8, 4) is 0 Å². The number of aryl methyl sites for hydroxylation is 2. The summed E-state index contributed by atoms with van der Waals surface area (Å²) in [6, 6.07) is 15.9. The molecule has 7 heteroatoms. The molecule has 0 heterocycles. The molecule has 29 heavy (non-hydrogen) atoms. The van der Waals surface area contributed by atoms with Gasteiger partial charge in [-0.2, -0.15) is 0 Å².